The zero-order valence-electron chi connectivity index (χ0n) is 12.3. The van der Waals surface area contributed by atoms with E-state index in [1.807, 2.05) is 38.1 Å². The molecule has 1 aliphatic rings. The molecule has 1 fully saturated rings. The Balaban J connectivity index is 2.07. The summed E-state index contributed by atoms with van der Waals surface area (Å²) in [4.78, 5) is 13.9. The van der Waals surface area contributed by atoms with Crippen LogP contribution in [0.5, 0.6) is 0 Å². The lowest BCUT2D eigenvalue weighted by Crippen LogP contribution is -2.41. The van der Waals surface area contributed by atoms with Crippen molar-refractivity contribution >= 4 is 11.6 Å². The number of hydrogen-bond donors (Lipinski definition) is 1. The molecule has 1 heterocycles. The topological polar surface area (TPSA) is 65.4 Å². The van der Waals surface area contributed by atoms with Crippen LogP contribution in [0.2, 0.25) is 0 Å². The number of anilines is 1. The molecule has 21 heavy (non-hydrogen) atoms. The van der Waals surface area contributed by atoms with E-state index >= 15 is 0 Å². The highest BCUT2D eigenvalue weighted by molar-refractivity contribution is 5.97. The fourth-order valence-corrected chi connectivity index (χ4v) is 2.07. The molecule has 0 radical (unpaired) electrons. The van der Waals surface area contributed by atoms with Crippen LogP contribution in [0.4, 0.5) is 5.69 Å². The van der Waals surface area contributed by atoms with E-state index in [0.717, 1.165) is 11.3 Å². The maximum absolute atomic E-state index is 12.2. The van der Waals surface area contributed by atoms with Gasteiger partial charge in [0.15, 0.2) is 0 Å². The summed E-state index contributed by atoms with van der Waals surface area (Å²) in [6, 6.07) is 7.87. The summed E-state index contributed by atoms with van der Waals surface area (Å²) >= 11 is 0. The molecule has 5 nitrogen and oxygen atoms in total. The second-order valence-corrected chi connectivity index (χ2v) is 5.02. The number of carbonyl (C=O) groups excluding carboxylic acids is 1. The first-order valence-electron chi connectivity index (χ1n) is 6.93. The van der Waals surface area contributed by atoms with Crippen LogP contribution < -0.4 is 5.32 Å². The van der Waals surface area contributed by atoms with E-state index in [2.05, 4.69) is 5.32 Å². The van der Waals surface area contributed by atoms with Crippen LogP contribution in [0, 0.1) is 25.2 Å². The quantitative estimate of drug-likeness (QED) is 0.681. The number of nitrogens with zero attached hydrogens (tertiary/aromatic N) is 2. The number of nitrogens with one attached hydrogen (secondary N) is 1. The zero-order valence-corrected chi connectivity index (χ0v) is 12.3. The van der Waals surface area contributed by atoms with Crippen molar-refractivity contribution in [1.29, 1.82) is 5.26 Å². The monoisotopic (exact) mass is 285 g/mol. The van der Waals surface area contributed by atoms with Crippen molar-refractivity contribution < 1.29 is 9.53 Å². The standard InChI is InChI=1S/C16H19N3O2/c1-12-3-4-15(9-13(12)2)18-11-14(10-17)16(20)19-5-7-21-8-6-19/h3-4,9,11,18H,5-8H2,1-2H3/b14-11-. The van der Waals surface area contributed by atoms with Crippen LogP contribution in [-0.2, 0) is 9.53 Å². The molecule has 0 bridgehead atoms. The summed E-state index contributed by atoms with van der Waals surface area (Å²) in [6.45, 7) is 6.17. The van der Waals surface area contributed by atoms with Crippen molar-refractivity contribution in [1.82, 2.24) is 4.90 Å². The summed E-state index contributed by atoms with van der Waals surface area (Å²) in [5, 5.41) is 12.2. The lowest BCUT2D eigenvalue weighted by molar-refractivity contribution is -0.130. The largest absolute Gasteiger partial charge is 0.378 e. The van der Waals surface area contributed by atoms with E-state index in [-0.39, 0.29) is 11.5 Å². The molecular formula is C16H19N3O2. The molecule has 110 valence electrons. The van der Waals surface area contributed by atoms with Gasteiger partial charge in [0.25, 0.3) is 5.91 Å². The highest BCUT2D eigenvalue weighted by Gasteiger charge is 2.20. The molecule has 0 aromatic heterocycles. The van der Waals surface area contributed by atoms with Gasteiger partial charge in [0.2, 0.25) is 0 Å². The summed E-state index contributed by atoms with van der Waals surface area (Å²) in [5.41, 5.74) is 3.33. The number of ether oxygens (including phenoxy) is 1. The Morgan fingerprint density at radius 3 is 2.67 bits per heavy atom. The van der Waals surface area contributed by atoms with Gasteiger partial charge in [-0.15, -0.1) is 0 Å². The Labute approximate surface area is 124 Å². The first kappa shape index (κ1) is 15.1. The van der Waals surface area contributed by atoms with Crippen LogP contribution >= 0.6 is 0 Å². The predicted molar refractivity (Wildman–Crippen MR) is 80.6 cm³/mol. The third kappa shape index (κ3) is 3.83. The smallest absolute Gasteiger partial charge is 0.266 e. The summed E-state index contributed by atoms with van der Waals surface area (Å²) in [6.07, 6.45) is 1.47. The number of rotatable bonds is 3. The van der Waals surface area contributed by atoms with Gasteiger partial charge < -0.3 is 15.0 Å². The van der Waals surface area contributed by atoms with Gasteiger partial charge in [-0.1, -0.05) is 6.07 Å². The molecule has 0 spiro atoms. The van der Waals surface area contributed by atoms with Gasteiger partial charge in [-0.3, -0.25) is 4.79 Å². The van der Waals surface area contributed by atoms with Gasteiger partial charge >= 0.3 is 0 Å². The van der Waals surface area contributed by atoms with Crippen LogP contribution in [0.1, 0.15) is 11.1 Å². The van der Waals surface area contributed by atoms with E-state index < -0.39 is 0 Å². The molecule has 1 aromatic rings. The molecule has 1 amide bonds. The van der Waals surface area contributed by atoms with Crippen LogP contribution in [0.25, 0.3) is 0 Å². The van der Waals surface area contributed by atoms with Crippen LogP contribution in [0.15, 0.2) is 30.0 Å². The van der Waals surface area contributed by atoms with Gasteiger partial charge in [0, 0.05) is 25.0 Å². The van der Waals surface area contributed by atoms with E-state index in [9.17, 15) is 4.79 Å². The highest BCUT2D eigenvalue weighted by Crippen LogP contribution is 2.15. The predicted octanol–water partition coefficient (Wildman–Crippen LogP) is 1.98. The minimum atomic E-state index is -0.253. The summed E-state index contributed by atoms with van der Waals surface area (Å²) in [5.74, 6) is -0.253. The molecule has 0 aliphatic carbocycles. The number of benzene rings is 1. The molecular weight excluding hydrogens is 266 g/mol. The molecule has 0 atom stereocenters. The number of nitriles is 1. The van der Waals surface area contributed by atoms with Gasteiger partial charge in [0.1, 0.15) is 11.6 Å². The zero-order chi connectivity index (χ0) is 15.2. The Morgan fingerprint density at radius 2 is 2.05 bits per heavy atom. The van der Waals surface area contributed by atoms with Crippen molar-refractivity contribution in [3.63, 3.8) is 0 Å². The highest BCUT2D eigenvalue weighted by atomic mass is 16.5. The maximum Gasteiger partial charge on any atom is 0.266 e. The van der Waals surface area contributed by atoms with Crippen molar-refractivity contribution in [2.24, 2.45) is 0 Å². The molecule has 1 aromatic carbocycles. The van der Waals surface area contributed by atoms with E-state index in [0.29, 0.717) is 26.3 Å². The van der Waals surface area contributed by atoms with Crippen molar-refractivity contribution in [2.75, 3.05) is 31.6 Å². The normalized spacial score (nSPS) is 15.5. The average molecular weight is 285 g/mol. The van der Waals surface area contributed by atoms with Crippen LogP contribution in [-0.4, -0.2) is 37.1 Å². The molecule has 1 N–H and O–H groups in total. The van der Waals surface area contributed by atoms with Gasteiger partial charge in [-0.2, -0.15) is 5.26 Å². The van der Waals surface area contributed by atoms with Crippen LogP contribution in [0.3, 0.4) is 0 Å². The molecule has 5 heteroatoms. The minimum Gasteiger partial charge on any atom is -0.378 e. The fraction of sp³-hybridized carbons (Fsp3) is 0.375. The van der Waals surface area contributed by atoms with E-state index in [4.69, 9.17) is 10.00 Å². The first-order valence-corrected chi connectivity index (χ1v) is 6.93. The molecule has 0 saturated carbocycles. The second-order valence-electron chi connectivity index (χ2n) is 5.02. The Kier molecular flexibility index (Phi) is 4.96. The third-order valence-corrected chi connectivity index (χ3v) is 3.54. The Bertz CT molecular complexity index is 596. The van der Waals surface area contributed by atoms with Crippen molar-refractivity contribution in [2.45, 2.75) is 13.8 Å². The first-order chi connectivity index (χ1) is 10.1. The summed E-state index contributed by atoms with van der Waals surface area (Å²) in [7, 11) is 0. The number of hydrogen-bond acceptors (Lipinski definition) is 4. The number of carbonyl (C=O) groups is 1. The molecule has 1 aliphatic heterocycles. The Hall–Kier alpha value is -2.32. The fourth-order valence-electron chi connectivity index (χ4n) is 2.07. The third-order valence-electron chi connectivity index (χ3n) is 3.54. The SMILES string of the molecule is Cc1ccc(N/C=C(/C#N)C(=O)N2CCOCC2)cc1C. The van der Waals surface area contributed by atoms with Gasteiger partial charge in [-0.05, 0) is 37.1 Å². The molecule has 0 unspecified atom stereocenters. The van der Waals surface area contributed by atoms with Gasteiger partial charge in [-0.25, -0.2) is 0 Å². The second kappa shape index (κ2) is 6.91. The van der Waals surface area contributed by atoms with Crippen molar-refractivity contribution in [3.8, 4) is 6.07 Å². The molecule has 2 rings (SSSR count). The number of aryl methyl sites for hydroxylation is 2. The van der Waals surface area contributed by atoms with E-state index in [1.165, 1.54) is 11.8 Å². The average Bonchev–Trinajstić information content (AvgIpc) is 2.52. The lowest BCUT2D eigenvalue weighted by Gasteiger charge is -2.26. The van der Waals surface area contributed by atoms with Gasteiger partial charge in [0.05, 0.1) is 13.2 Å². The number of amides is 1. The number of morpholine rings is 1. The van der Waals surface area contributed by atoms with Crippen molar-refractivity contribution in [3.05, 3.63) is 41.1 Å². The minimum absolute atomic E-state index is 0.107. The Morgan fingerprint density at radius 1 is 1.33 bits per heavy atom. The molecule has 1 saturated heterocycles. The summed E-state index contributed by atoms with van der Waals surface area (Å²) < 4.78 is 5.21. The van der Waals surface area contributed by atoms with E-state index in [1.54, 1.807) is 4.90 Å². The maximum atomic E-state index is 12.2. The lowest BCUT2D eigenvalue weighted by atomic mass is 10.1.